The fraction of sp³-hybridized carbons (Fsp3) is 0.0400. The monoisotopic (exact) mass is 442 g/mol. The fourth-order valence-electron chi connectivity index (χ4n) is 3.82. The lowest BCUT2D eigenvalue weighted by molar-refractivity contribution is 0.0961. The number of nitrogens with zero attached hydrogens (tertiary/aromatic N) is 2. The van der Waals surface area contributed by atoms with Crippen molar-refractivity contribution < 1.29 is 13.2 Å². The molecule has 0 spiro atoms. The highest BCUT2D eigenvalue weighted by Gasteiger charge is 2.27. The van der Waals surface area contributed by atoms with Crippen LogP contribution in [0.2, 0.25) is 0 Å². The molecule has 0 unspecified atom stereocenters. The highest BCUT2D eigenvalue weighted by molar-refractivity contribution is 7.90. The SMILES string of the molecule is Cc1ccc(S(=O)(=O)n2c(=O)n(C(=O)c3ccc4ccccc4c3)c3ccccc32)cc1. The average molecular weight is 442 g/mol. The van der Waals surface area contributed by atoms with Crippen molar-refractivity contribution in [1.29, 1.82) is 0 Å². The van der Waals surface area contributed by atoms with Crippen molar-refractivity contribution in [3.63, 3.8) is 0 Å². The molecule has 0 saturated carbocycles. The van der Waals surface area contributed by atoms with E-state index in [2.05, 4.69) is 0 Å². The van der Waals surface area contributed by atoms with Crippen LogP contribution in [-0.2, 0) is 10.0 Å². The van der Waals surface area contributed by atoms with Crippen LogP contribution in [0.4, 0.5) is 0 Å². The van der Waals surface area contributed by atoms with E-state index < -0.39 is 21.6 Å². The van der Waals surface area contributed by atoms with Crippen LogP contribution in [0.15, 0.2) is 101 Å². The molecular weight excluding hydrogens is 424 g/mol. The molecule has 0 atom stereocenters. The molecule has 5 aromatic rings. The van der Waals surface area contributed by atoms with E-state index in [1.807, 2.05) is 31.2 Å². The summed E-state index contributed by atoms with van der Waals surface area (Å²) in [5, 5.41) is 1.81. The van der Waals surface area contributed by atoms with Crippen molar-refractivity contribution in [3.05, 3.63) is 113 Å². The van der Waals surface area contributed by atoms with Gasteiger partial charge < -0.3 is 0 Å². The lowest BCUT2D eigenvalue weighted by Gasteiger charge is -2.06. The minimum absolute atomic E-state index is 0.0220. The third kappa shape index (κ3) is 3.06. The summed E-state index contributed by atoms with van der Waals surface area (Å²) in [6.45, 7) is 1.84. The number of hydrogen-bond donors (Lipinski definition) is 0. The van der Waals surface area contributed by atoms with Crippen LogP contribution in [0.3, 0.4) is 0 Å². The topological polar surface area (TPSA) is 78.1 Å². The van der Waals surface area contributed by atoms with Gasteiger partial charge in [-0.3, -0.25) is 4.79 Å². The van der Waals surface area contributed by atoms with Gasteiger partial charge in [0.05, 0.1) is 15.9 Å². The maximum Gasteiger partial charge on any atom is 0.350 e. The summed E-state index contributed by atoms with van der Waals surface area (Å²) < 4.78 is 28.4. The quantitative estimate of drug-likeness (QED) is 0.420. The summed E-state index contributed by atoms with van der Waals surface area (Å²) in [6, 6.07) is 25.3. The summed E-state index contributed by atoms with van der Waals surface area (Å²) in [7, 11) is -4.21. The van der Waals surface area contributed by atoms with E-state index in [0.29, 0.717) is 9.54 Å². The predicted octanol–water partition coefficient (Wildman–Crippen LogP) is 4.19. The van der Waals surface area contributed by atoms with Gasteiger partial charge in [0.2, 0.25) is 0 Å². The summed E-state index contributed by atoms with van der Waals surface area (Å²) >= 11 is 0. The molecule has 0 aliphatic rings. The number of rotatable bonds is 3. The van der Waals surface area contributed by atoms with E-state index in [4.69, 9.17) is 0 Å². The summed E-state index contributed by atoms with van der Waals surface area (Å²) in [5.74, 6) is -0.588. The standard InChI is InChI=1S/C25H18N2O4S/c1-17-10-14-21(15-11-17)32(30,31)27-23-9-5-4-8-22(23)26(25(27)29)24(28)20-13-12-18-6-2-3-7-19(18)16-20/h2-16H,1H3. The van der Waals surface area contributed by atoms with Crippen LogP contribution in [0, 0.1) is 6.92 Å². The van der Waals surface area contributed by atoms with Gasteiger partial charge in [0.1, 0.15) is 0 Å². The smallest absolute Gasteiger partial charge is 0.268 e. The Labute approximate surface area is 184 Å². The Kier molecular flexibility index (Phi) is 4.56. The van der Waals surface area contributed by atoms with Crippen LogP contribution < -0.4 is 5.69 Å². The number of carbonyl (C=O) groups is 1. The first-order valence-electron chi connectivity index (χ1n) is 9.96. The number of imidazole rings is 1. The molecule has 7 heteroatoms. The van der Waals surface area contributed by atoms with E-state index in [1.54, 1.807) is 48.5 Å². The molecule has 158 valence electrons. The molecule has 0 N–H and O–H groups in total. The Hall–Kier alpha value is -3.97. The normalized spacial score (nSPS) is 11.8. The first-order chi connectivity index (χ1) is 15.4. The number of carbonyl (C=O) groups excluding carboxylic acids is 1. The van der Waals surface area contributed by atoms with Crippen molar-refractivity contribution in [3.8, 4) is 0 Å². The molecule has 0 bridgehead atoms. The fourth-order valence-corrected chi connectivity index (χ4v) is 5.21. The van der Waals surface area contributed by atoms with Crippen LogP contribution in [0.5, 0.6) is 0 Å². The molecule has 0 amide bonds. The van der Waals surface area contributed by atoms with Crippen LogP contribution in [-0.4, -0.2) is 22.9 Å². The number of benzene rings is 4. The molecule has 5 rings (SSSR count). The lowest BCUT2D eigenvalue weighted by atomic mass is 10.1. The van der Waals surface area contributed by atoms with Gasteiger partial charge in [0.25, 0.3) is 15.9 Å². The minimum Gasteiger partial charge on any atom is -0.268 e. The number of fused-ring (bicyclic) bond motifs is 2. The van der Waals surface area contributed by atoms with Gasteiger partial charge in [-0.2, -0.15) is 3.97 Å². The van der Waals surface area contributed by atoms with Crippen LogP contribution in [0.1, 0.15) is 15.9 Å². The zero-order valence-electron chi connectivity index (χ0n) is 17.1. The molecule has 0 fully saturated rings. The summed E-state index contributed by atoms with van der Waals surface area (Å²) in [5.41, 5.74) is 0.634. The van der Waals surface area contributed by atoms with Crippen LogP contribution >= 0.6 is 0 Å². The zero-order chi connectivity index (χ0) is 22.5. The zero-order valence-corrected chi connectivity index (χ0v) is 17.9. The van der Waals surface area contributed by atoms with E-state index >= 15 is 0 Å². The average Bonchev–Trinajstić information content (AvgIpc) is 3.11. The molecular formula is C25H18N2O4S. The molecule has 32 heavy (non-hydrogen) atoms. The molecule has 4 aromatic carbocycles. The summed E-state index contributed by atoms with van der Waals surface area (Å²) in [4.78, 5) is 26.8. The van der Waals surface area contributed by atoms with Crippen molar-refractivity contribution in [2.75, 3.05) is 0 Å². The Morgan fingerprint density at radius 1 is 0.750 bits per heavy atom. The first-order valence-corrected chi connectivity index (χ1v) is 11.4. The largest absolute Gasteiger partial charge is 0.350 e. The van der Waals surface area contributed by atoms with E-state index in [9.17, 15) is 18.0 Å². The Morgan fingerprint density at radius 3 is 2.09 bits per heavy atom. The molecule has 0 aliphatic heterocycles. The number of aromatic nitrogens is 2. The highest BCUT2D eigenvalue weighted by atomic mass is 32.2. The third-order valence-corrected chi connectivity index (χ3v) is 7.17. The van der Waals surface area contributed by atoms with Gasteiger partial charge in [-0.1, -0.05) is 60.2 Å². The Balaban J connectivity index is 1.75. The molecule has 1 aromatic heterocycles. The molecule has 0 saturated heterocycles. The van der Waals surface area contributed by atoms with E-state index in [-0.39, 0.29) is 15.9 Å². The maximum atomic E-state index is 13.4. The second-order valence-electron chi connectivity index (χ2n) is 7.56. The van der Waals surface area contributed by atoms with Gasteiger partial charge >= 0.3 is 5.69 Å². The van der Waals surface area contributed by atoms with Crippen molar-refractivity contribution in [2.45, 2.75) is 11.8 Å². The molecule has 0 radical (unpaired) electrons. The molecule has 0 aliphatic carbocycles. The maximum absolute atomic E-state index is 13.4. The van der Waals surface area contributed by atoms with Gasteiger partial charge in [-0.05, 0) is 54.1 Å². The third-order valence-electron chi connectivity index (χ3n) is 5.47. The minimum atomic E-state index is -4.21. The van der Waals surface area contributed by atoms with Gasteiger partial charge in [0.15, 0.2) is 0 Å². The molecule has 6 nitrogen and oxygen atoms in total. The highest BCUT2D eigenvalue weighted by Crippen LogP contribution is 2.22. The predicted molar refractivity (Wildman–Crippen MR) is 124 cm³/mol. The summed E-state index contributed by atoms with van der Waals surface area (Å²) in [6.07, 6.45) is 0. The number of aryl methyl sites for hydroxylation is 1. The number of hydrogen-bond acceptors (Lipinski definition) is 4. The first kappa shape index (κ1) is 20.0. The lowest BCUT2D eigenvalue weighted by Crippen LogP contribution is -2.33. The second kappa shape index (κ2) is 7.32. The van der Waals surface area contributed by atoms with Gasteiger partial charge in [0, 0.05) is 5.56 Å². The molecule has 1 heterocycles. The second-order valence-corrected chi connectivity index (χ2v) is 9.34. The Morgan fingerprint density at radius 2 is 1.38 bits per heavy atom. The van der Waals surface area contributed by atoms with E-state index in [0.717, 1.165) is 20.9 Å². The Bertz CT molecular complexity index is 1680. The van der Waals surface area contributed by atoms with E-state index in [1.165, 1.54) is 18.2 Å². The van der Waals surface area contributed by atoms with Crippen molar-refractivity contribution >= 4 is 37.7 Å². The van der Waals surface area contributed by atoms with Crippen molar-refractivity contribution in [1.82, 2.24) is 8.54 Å². The van der Waals surface area contributed by atoms with Gasteiger partial charge in [-0.25, -0.2) is 17.8 Å². The van der Waals surface area contributed by atoms with Crippen molar-refractivity contribution in [2.24, 2.45) is 0 Å². The number of para-hydroxylation sites is 2. The van der Waals surface area contributed by atoms with Gasteiger partial charge in [-0.15, -0.1) is 0 Å². The van der Waals surface area contributed by atoms with Crippen LogP contribution in [0.25, 0.3) is 21.8 Å².